The van der Waals surface area contributed by atoms with Crippen molar-refractivity contribution in [2.45, 2.75) is 20.0 Å². The second-order valence-corrected chi connectivity index (χ2v) is 9.99. The molecule has 0 radical (unpaired) electrons. The first-order chi connectivity index (χ1) is 17.0. The van der Waals surface area contributed by atoms with Crippen LogP contribution >= 0.6 is 11.3 Å². The Bertz CT molecular complexity index is 1350. The van der Waals surface area contributed by atoms with E-state index in [1.54, 1.807) is 5.38 Å². The zero-order valence-electron chi connectivity index (χ0n) is 19.9. The molecule has 8 heteroatoms. The Kier molecular flexibility index (Phi) is 6.77. The van der Waals surface area contributed by atoms with Crippen molar-refractivity contribution in [3.8, 4) is 0 Å². The van der Waals surface area contributed by atoms with Crippen molar-refractivity contribution >= 4 is 39.5 Å². The summed E-state index contributed by atoms with van der Waals surface area (Å²) in [5, 5.41) is 17.6. The predicted octanol–water partition coefficient (Wildman–Crippen LogP) is 4.42. The summed E-state index contributed by atoms with van der Waals surface area (Å²) in [7, 11) is 0. The molecule has 0 saturated carbocycles. The van der Waals surface area contributed by atoms with Crippen LogP contribution in [0, 0.1) is 13.8 Å². The molecule has 0 bridgehead atoms. The highest BCUT2D eigenvalue weighted by molar-refractivity contribution is 7.09. The third kappa shape index (κ3) is 5.35. The van der Waals surface area contributed by atoms with E-state index >= 15 is 0 Å². The van der Waals surface area contributed by atoms with Crippen LogP contribution in [0.2, 0.25) is 0 Å². The molecule has 180 valence electrons. The molecular weight excluding hydrogens is 458 g/mol. The molecule has 1 aliphatic rings. The van der Waals surface area contributed by atoms with E-state index in [0.717, 1.165) is 48.0 Å². The number of aliphatic hydroxyl groups is 1. The lowest BCUT2D eigenvalue weighted by Crippen LogP contribution is -2.47. The highest BCUT2D eigenvalue weighted by Gasteiger charge is 2.22. The van der Waals surface area contributed by atoms with Gasteiger partial charge in [-0.3, -0.25) is 14.7 Å². The van der Waals surface area contributed by atoms with Gasteiger partial charge in [-0.25, -0.2) is 4.98 Å². The van der Waals surface area contributed by atoms with E-state index in [0.29, 0.717) is 17.9 Å². The van der Waals surface area contributed by atoms with Crippen molar-refractivity contribution in [1.82, 2.24) is 14.9 Å². The normalized spacial score (nSPS) is 15.3. The number of carbonyl (C=O) groups is 1. The van der Waals surface area contributed by atoms with Crippen molar-refractivity contribution in [2.24, 2.45) is 0 Å². The zero-order chi connectivity index (χ0) is 24.4. The molecule has 2 aromatic carbocycles. The Balaban J connectivity index is 1.19. The number of aliphatic hydroxyl groups excluding tert-OH is 1. The van der Waals surface area contributed by atoms with Crippen LogP contribution in [0.5, 0.6) is 0 Å². The first kappa shape index (κ1) is 23.4. The van der Waals surface area contributed by atoms with Gasteiger partial charge in [0.15, 0.2) is 0 Å². The number of aromatic nitrogens is 2. The Morgan fingerprint density at radius 2 is 1.86 bits per heavy atom. The number of amides is 1. The Morgan fingerprint density at radius 1 is 1.06 bits per heavy atom. The van der Waals surface area contributed by atoms with Crippen LogP contribution in [0.25, 0.3) is 10.9 Å². The number of carbonyl (C=O) groups excluding carboxylic acids is 1. The molecule has 1 unspecified atom stereocenters. The van der Waals surface area contributed by atoms with Crippen LogP contribution in [0.4, 0.5) is 11.4 Å². The minimum absolute atomic E-state index is 0.240. The number of thiazole rings is 1. The summed E-state index contributed by atoms with van der Waals surface area (Å²) in [5.41, 5.74) is 5.12. The van der Waals surface area contributed by atoms with Crippen LogP contribution in [-0.4, -0.2) is 58.6 Å². The first-order valence-electron chi connectivity index (χ1n) is 11.8. The number of hydrogen-bond donors (Lipinski definition) is 2. The quantitative estimate of drug-likeness (QED) is 0.419. The monoisotopic (exact) mass is 487 g/mol. The van der Waals surface area contributed by atoms with Gasteiger partial charge in [-0.2, -0.15) is 0 Å². The molecule has 1 aliphatic heterocycles. The van der Waals surface area contributed by atoms with Crippen molar-refractivity contribution in [1.29, 1.82) is 0 Å². The third-order valence-electron chi connectivity index (χ3n) is 6.37. The Morgan fingerprint density at radius 3 is 2.63 bits per heavy atom. The minimum Gasteiger partial charge on any atom is -0.387 e. The molecule has 7 nitrogen and oxygen atoms in total. The summed E-state index contributed by atoms with van der Waals surface area (Å²) >= 11 is 1.45. The third-order valence-corrected chi connectivity index (χ3v) is 7.15. The first-order valence-corrected chi connectivity index (χ1v) is 12.7. The van der Waals surface area contributed by atoms with Crippen LogP contribution < -0.4 is 10.2 Å². The van der Waals surface area contributed by atoms with E-state index in [2.05, 4.69) is 55.4 Å². The molecule has 1 atom stereocenters. The summed E-state index contributed by atoms with van der Waals surface area (Å²) in [6, 6.07) is 17.9. The number of hydrogen-bond acceptors (Lipinski definition) is 7. The van der Waals surface area contributed by atoms with Gasteiger partial charge in [0, 0.05) is 60.6 Å². The number of aryl methyl sites for hydroxylation is 2. The molecule has 2 N–H and O–H groups in total. The maximum absolute atomic E-state index is 12.4. The summed E-state index contributed by atoms with van der Waals surface area (Å²) in [6.07, 6.45) is -0.635. The molecule has 35 heavy (non-hydrogen) atoms. The van der Waals surface area contributed by atoms with Crippen molar-refractivity contribution in [3.63, 3.8) is 0 Å². The van der Waals surface area contributed by atoms with Crippen LogP contribution in [0.15, 0.2) is 60.0 Å². The number of piperazine rings is 1. The summed E-state index contributed by atoms with van der Waals surface area (Å²) in [5.74, 6) is -0.240. The molecule has 3 heterocycles. The summed E-state index contributed by atoms with van der Waals surface area (Å²) in [6.45, 7) is 7.96. The minimum atomic E-state index is -0.635. The van der Waals surface area contributed by atoms with E-state index < -0.39 is 6.10 Å². The number of pyridine rings is 1. The van der Waals surface area contributed by atoms with Crippen LogP contribution in [0.3, 0.4) is 0 Å². The van der Waals surface area contributed by atoms with E-state index in [9.17, 15) is 9.90 Å². The molecule has 0 aliphatic carbocycles. The molecule has 2 aromatic heterocycles. The second-order valence-electron chi connectivity index (χ2n) is 8.93. The largest absolute Gasteiger partial charge is 0.387 e. The lowest BCUT2D eigenvalue weighted by Gasteiger charge is -2.37. The topological polar surface area (TPSA) is 81.6 Å². The average Bonchev–Trinajstić information content (AvgIpc) is 3.30. The second kappa shape index (κ2) is 10.1. The van der Waals surface area contributed by atoms with E-state index in [4.69, 9.17) is 0 Å². The summed E-state index contributed by atoms with van der Waals surface area (Å²) in [4.78, 5) is 26.0. The fraction of sp³-hybridized carbons (Fsp3) is 0.296. The van der Waals surface area contributed by atoms with Gasteiger partial charge in [-0.1, -0.05) is 18.2 Å². The van der Waals surface area contributed by atoms with Gasteiger partial charge < -0.3 is 15.3 Å². The van der Waals surface area contributed by atoms with Gasteiger partial charge in [-0.05, 0) is 55.8 Å². The van der Waals surface area contributed by atoms with Crippen LogP contribution in [0.1, 0.15) is 32.9 Å². The number of rotatable bonds is 6. The Hall–Kier alpha value is -3.33. The fourth-order valence-electron chi connectivity index (χ4n) is 4.52. The van der Waals surface area contributed by atoms with Gasteiger partial charge in [0.2, 0.25) is 0 Å². The van der Waals surface area contributed by atoms with E-state index in [1.807, 2.05) is 38.1 Å². The molecule has 0 spiro atoms. The van der Waals surface area contributed by atoms with Gasteiger partial charge in [0.05, 0.1) is 16.6 Å². The van der Waals surface area contributed by atoms with Crippen molar-refractivity contribution in [3.05, 3.63) is 81.9 Å². The molecular formula is C27H29N5O2S. The number of β-amino-alcohol motifs (C(OH)–C–C–N with tert-alkyl or cyclic N) is 1. The zero-order valence-corrected chi connectivity index (χ0v) is 20.8. The molecule has 1 saturated heterocycles. The number of nitrogens with zero attached hydrogens (tertiary/aromatic N) is 4. The van der Waals surface area contributed by atoms with E-state index in [-0.39, 0.29) is 5.91 Å². The molecule has 1 fully saturated rings. The number of anilines is 2. The molecule has 1 amide bonds. The van der Waals surface area contributed by atoms with Crippen molar-refractivity contribution in [2.75, 3.05) is 42.9 Å². The molecule has 5 rings (SSSR count). The van der Waals surface area contributed by atoms with Crippen molar-refractivity contribution < 1.29 is 9.90 Å². The number of nitrogens with one attached hydrogen (secondary N) is 1. The number of benzene rings is 2. The summed E-state index contributed by atoms with van der Waals surface area (Å²) < 4.78 is 0. The Labute approximate surface area is 209 Å². The standard InChI is InChI=1S/C27H29N5O2S/c1-18-9-10-22-23(28-18)7-4-8-25(22)32-13-11-31(12-14-32)16-26(33)20-5-3-6-21(15-20)30-27(34)24-17-35-19(2)29-24/h3-10,15,17,26,33H,11-14,16H2,1-2H3,(H,30,34). The highest BCUT2D eigenvalue weighted by Crippen LogP contribution is 2.27. The van der Waals surface area contributed by atoms with Gasteiger partial charge in [0.25, 0.3) is 5.91 Å². The lowest BCUT2D eigenvalue weighted by molar-refractivity contribution is 0.102. The van der Waals surface area contributed by atoms with E-state index in [1.165, 1.54) is 22.4 Å². The predicted molar refractivity (Wildman–Crippen MR) is 141 cm³/mol. The molecule has 4 aromatic rings. The fourth-order valence-corrected chi connectivity index (χ4v) is 5.12. The van der Waals surface area contributed by atoms with Crippen LogP contribution in [-0.2, 0) is 0 Å². The smallest absolute Gasteiger partial charge is 0.275 e. The maximum atomic E-state index is 12.4. The van der Waals surface area contributed by atoms with Gasteiger partial charge in [-0.15, -0.1) is 11.3 Å². The highest BCUT2D eigenvalue weighted by atomic mass is 32.1. The SMILES string of the molecule is Cc1ccc2c(N3CCN(CC(O)c4cccc(NC(=O)c5csc(C)n5)c4)CC3)cccc2n1. The number of fused-ring (bicyclic) bond motifs is 1. The maximum Gasteiger partial charge on any atom is 0.275 e. The van der Waals surface area contributed by atoms with Gasteiger partial charge in [0.1, 0.15) is 5.69 Å². The van der Waals surface area contributed by atoms with Gasteiger partial charge >= 0.3 is 0 Å². The lowest BCUT2D eigenvalue weighted by atomic mass is 10.1. The average molecular weight is 488 g/mol.